The van der Waals surface area contributed by atoms with E-state index in [9.17, 15) is 15.0 Å². The molecule has 4 heteroatoms. The minimum absolute atomic E-state index is 0.0349. The first-order valence-electron chi connectivity index (χ1n) is 10.5. The summed E-state index contributed by atoms with van der Waals surface area (Å²) >= 11 is 0. The Balaban J connectivity index is 2.40. The third-order valence-electron chi connectivity index (χ3n) is 6.16. The molecular formula is C22H40O4. The summed E-state index contributed by atoms with van der Waals surface area (Å²) in [5, 5.41) is 29.6. The number of unbranched alkanes of at least 4 members (excludes halogenated alkanes) is 2. The van der Waals surface area contributed by atoms with Crippen LogP contribution in [-0.2, 0) is 4.79 Å². The van der Waals surface area contributed by atoms with E-state index >= 15 is 0 Å². The Morgan fingerprint density at radius 2 is 1.96 bits per heavy atom. The van der Waals surface area contributed by atoms with Crippen molar-refractivity contribution >= 4 is 5.97 Å². The van der Waals surface area contributed by atoms with E-state index in [0.29, 0.717) is 12.3 Å². The van der Waals surface area contributed by atoms with Gasteiger partial charge in [-0.25, -0.2) is 0 Å². The first-order valence-corrected chi connectivity index (χ1v) is 10.5. The normalized spacial score (nSPS) is 25.0. The molecule has 0 aromatic carbocycles. The van der Waals surface area contributed by atoms with Gasteiger partial charge in [0.05, 0.1) is 12.2 Å². The van der Waals surface area contributed by atoms with Crippen LogP contribution in [0.15, 0.2) is 12.2 Å². The lowest BCUT2D eigenvalue weighted by atomic mass is 9.77. The number of rotatable bonds is 13. The van der Waals surface area contributed by atoms with E-state index in [-0.39, 0.29) is 30.0 Å². The highest BCUT2D eigenvalue weighted by Crippen LogP contribution is 2.39. The molecule has 0 aromatic heterocycles. The molecule has 1 fully saturated rings. The first kappa shape index (κ1) is 23.2. The maximum Gasteiger partial charge on any atom is 0.303 e. The van der Waals surface area contributed by atoms with Crippen LogP contribution in [0.2, 0.25) is 0 Å². The second kappa shape index (κ2) is 11.8. The van der Waals surface area contributed by atoms with Gasteiger partial charge in [0, 0.05) is 6.42 Å². The quantitative estimate of drug-likeness (QED) is 0.318. The summed E-state index contributed by atoms with van der Waals surface area (Å²) < 4.78 is 0. The Bertz CT molecular complexity index is 430. The van der Waals surface area contributed by atoms with Crippen LogP contribution in [0.4, 0.5) is 0 Å². The van der Waals surface area contributed by atoms with Gasteiger partial charge < -0.3 is 15.3 Å². The van der Waals surface area contributed by atoms with E-state index in [0.717, 1.165) is 57.8 Å². The van der Waals surface area contributed by atoms with Gasteiger partial charge in [-0.15, -0.1) is 0 Å². The van der Waals surface area contributed by atoms with E-state index in [1.165, 1.54) is 0 Å². The van der Waals surface area contributed by atoms with Crippen molar-refractivity contribution in [2.24, 2.45) is 17.3 Å². The fraction of sp³-hybridized carbons (Fsp3) is 0.864. The molecule has 0 aliphatic heterocycles. The standard InChI is InChI=1S/C22H40O4/c1-4-5-16-22(2,3)20(24)15-13-17-12-14-19(23)18(17)10-8-6-7-9-11-21(25)26/h6,8,17-20,23-24H,4-5,7,9-16H2,1-3H3,(H,25,26)/t17?,18-,19+,20?/m1/s1. The van der Waals surface area contributed by atoms with Gasteiger partial charge in [-0.2, -0.15) is 0 Å². The summed E-state index contributed by atoms with van der Waals surface area (Å²) in [6.07, 6.45) is 13.2. The molecular weight excluding hydrogens is 328 g/mol. The van der Waals surface area contributed by atoms with Crippen LogP contribution < -0.4 is 0 Å². The third-order valence-corrected chi connectivity index (χ3v) is 6.16. The predicted octanol–water partition coefficient (Wildman–Crippen LogP) is 4.93. The fourth-order valence-corrected chi connectivity index (χ4v) is 4.14. The van der Waals surface area contributed by atoms with E-state index in [4.69, 9.17) is 5.11 Å². The molecule has 1 rings (SSSR count). The monoisotopic (exact) mass is 368 g/mol. The van der Waals surface area contributed by atoms with Crippen molar-refractivity contribution in [3.63, 3.8) is 0 Å². The van der Waals surface area contributed by atoms with Gasteiger partial charge >= 0.3 is 5.97 Å². The molecule has 0 spiro atoms. The summed E-state index contributed by atoms with van der Waals surface area (Å²) in [6.45, 7) is 6.50. The van der Waals surface area contributed by atoms with Crippen LogP contribution in [0.3, 0.4) is 0 Å². The molecule has 4 nitrogen and oxygen atoms in total. The van der Waals surface area contributed by atoms with Crippen LogP contribution in [0.25, 0.3) is 0 Å². The zero-order chi connectivity index (χ0) is 19.6. The van der Waals surface area contributed by atoms with E-state index in [2.05, 4.69) is 26.8 Å². The van der Waals surface area contributed by atoms with E-state index in [1.54, 1.807) is 0 Å². The maximum absolute atomic E-state index is 10.6. The molecule has 3 N–H and O–H groups in total. The third kappa shape index (κ3) is 8.22. The van der Waals surface area contributed by atoms with Crippen molar-refractivity contribution in [3.8, 4) is 0 Å². The Morgan fingerprint density at radius 1 is 1.23 bits per heavy atom. The second-order valence-corrected chi connectivity index (χ2v) is 8.75. The smallest absolute Gasteiger partial charge is 0.303 e. The summed E-state index contributed by atoms with van der Waals surface area (Å²) in [7, 11) is 0. The SMILES string of the molecule is CCCCC(C)(C)C(O)CCC1CC[C@H](O)[C@@H]1CC=CCCCC(=O)O. The number of hydrogen-bond acceptors (Lipinski definition) is 3. The highest BCUT2D eigenvalue weighted by Gasteiger charge is 2.35. The lowest BCUT2D eigenvalue weighted by molar-refractivity contribution is -0.137. The van der Waals surface area contributed by atoms with Gasteiger partial charge in [0.2, 0.25) is 0 Å². The lowest BCUT2D eigenvalue weighted by Gasteiger charge is -2.32. The largest absolute Gasteiger partial charge is 0.481 e. The molecule has 2 unspecified atom stereocenters. The lowest BCUT2D eigenvalue weighted by Crippen LogP contribution is -2.30. The van der Waals surface area contributed by atoms with Crippen LogP contribution >= 0.6 is 0 Å². The van der Waals surface area contributed by atoms with Crippen LogP contribution in [-0.4, -0.2) is 33.5 Å². The maximum atomic E-state index is 10.6. The number of hydrogen-bond donors (Lipinski definition) is 3. The summed E-state index contributed by atoms with van der Waals surface area (Å²) in [4.78, 5) is 10.5. The predicted molar refractivity (Wildman–Crippen MR) is 106 cm³/mol. The molecule has 152 valence electrons. The minimum atomic E-state index is -0.745. The Labute approximate surface area is 159 Å². The number of carboxylic acids is 1. The second-order valence-electron chi connectivity index (χ2n) is 8.75. The summed E-state index contributed by atoms with van der Waals surface area (Å²) in [5.41, 5.74) is -0.0349. The molecule has 0 bridgehead atoms. The Kier molecular flexibility index (Phi) is 10.5. The van der Waals surface area contributed by atoms with Crippen molar-refractivity contribution in [2.45, 2.75) is 104 Å². The zero-order valence-corrected chi connectivity index (χ0v) is 17.0. The van der Waals surface area contributed by atoms with Crippen LogP contribution in [0.5, 0.6) is 0 Å². The minimum Gasteiger partial charge on any atom is -0.481 e. The molecule has 0 radical (unpaired) electrons. The average molecular weight is 369 g/mol. The highest BCUT2D eigenvalue weighted by molar-refractivity contribution is 5.66. The fourth-order valence-electron chi connectivity index (χ4n) is 4.14. The summed E-state index contributed by atoms with van der Waals surface area (Å²) in [6, 6.07) is 0. The molecule has 26 heavy (non-hydrogen) atoms. The summed E-state index contributed by atoms with van der Waals surface area (Å²) in [5.74, 6) is 0.00655. The molecule has 0 saturated heterocycles. The van der Waals surface area contributed by atoms with Crippen molar-refractivity contribution < 1.29 is 20.1 Å². The van der Waals surface area contributed by atoms with Crippen molar-refractivity contribution in [3.05, 3.63) is 12.2 Å². The Hall–Kier alpha value is -0.870. The average Bonchev–Trinajstić information content (AvgIpc) is 2.93. The van der Waals surface area contributed by atoms with Crippen molar-refractivity contribution in [2.75, 3.05) is 0 Å². The van der Waals surface area contributed by atoms with Gasteiger partial charge in [0.15, 0.2) is 0 Å². The Morgan fingerprint density at radius 3 is 2.62 bits per heavy atom. The number of carboxylic acid groups (broad SMARTS) is 1. The molecule has 1 aliphatic rings. The number of aliphatic hydroxyl groups excluding tert-OH is 2. The van der Waals surface area contributed by atoms with Gasteiger partial charge in [0.25, 0.3) is 0 Å². The van der Waals surface area contributed by atoms with E-state index in [1.807, 2.05) is 6.08 Å². The van der Waals surface area contributed by atoms with Crippen LogP contribution in [0.1, 0.15) is 91.4 Å². The van der Waals surface area contributed by atoms with Gasteiger partial charge in [0.1, 0.15) is 0 Å². The van der Waals surface area contributed by atoms with E-state index < -0.39 is 5.97 Å². The van der Waals surface area contributed by atoms with Gasteiger partial charge in [-0.1, -0.05) is 45.8 Å². The number of allylic oxidation sites excluding steroid dienone is 2. The zero-order valence-electron chi connectivity index (χ0n) is 17.0. The van der Waals surface area contributed by atoms with Gasteiger partial charge in [-0.05, 0) is 68.6 Å². The van der Waals surface area contributed by atoms with Crippen molar-refractivity contribution in [1.82, 2.24) is 0 Å². The molecule has 4 atom stereocenters. The number of carbonyl (C=O) groups is 1. The molecule has 0 amide bonds. The molecule has 0 heterocycles. The van der Waals surface area contributed by atoms with Gasteiger partial charge in [-0.3, -0.25) is 4.79 Å². The number of aliphatic carboxylic acids is 1. The number of aliphatic hydroxyl groups is 2. The highest BCUT2D eigenvalue weighted by atomic mass is 16.4. The van der Waals surface area contributed by atoms with Crippen LogP contribution in [0, 0.1) is 17.3 Å². The van der Waals surface area contributed by atoms with Crippen molar-refractivity contribution in [1.29, 1.82) is 0 Å². The molecule has 0 aromatic rings. The first-order chi connectivity index (χ1) is 12.3. The topological polar surface area (TPSA) is 77.8 Å². The molecule has 1 saturated carbocycles. The molecule has 1 aliphatic carbocycles.